The van der Waals surface area contributed by atoms with E-state index in [1.54, 1.807) is 5.57 Å². The molecule has 1 unspecified atom stereocenters. The lowest BCUT2D eigenvalue weighted by Gasteiger charge is -2.56. The van der Waals surface area contributed by atoms with Gasteiger partial charge < -0.3 is 10.2 Å². The molecule has 0 radical (unpaired) electrons. The van der Waals surface area contributed by atoms with Crippen molar-refractivity contribution in [2.75, 3.05) is 0 Å². The van der Waals surface area contributed by atoms with Gasteiger partial charge in [0.25, 0.3) is 0 Å². The molecule has 2 aliphatic rings. The summed E-state index contributed by atoms with van der Waals surface area (Å²) in [5.74, 6) is 0.0660. The molecule has 3 heteroatoms. The van der Waals surface area contributed by atoms with E-state index in [-0.39, 0.29) is 16.7 Å². The van der Waals surface area contributed by atoms with Crippen molar-refractivity contribution in [2.24, 2.45) is 27.6 Å². The van der Waals surface area contributed by atoms with Gasteiger partial charge in [0.05, 0.1) is 5.56 Å². The normalized spacial score (nSPS) is 23.9. The van der Waals surface area contributed by atoms with Crippen LogP contribution in [0.3, 0.4) is 0 Å². The highest BCUT2D eigenvalue weighted by molar-refractivity contribution is 5.88. The number of carboxylic acid groups (broad SMARTS) is 1. The zero-order chi connectivity index (χ0) is 29.1. The first-order valence-electron chi connectivity index (χ1n) is 14.7. The standard InChI is InChI=1S/C19H34.C16H22O3/c1-14-9-10-16-18(5,6)11-8-12-19(16,7)15(14)13-17(2,3)4;1-11(10-16(2,3)4)5-6-12-9-13(15(18)19)7-8-14(12)17/h16H,8-13H2,1-7H3;5,7-9,17H,6,10H2,1-4H3,(H,18,19)/b;11-5+/t16?,19-;/m0./s1. The maximum absolute atomic E-state index is 10.9. The van der Waals surface area contributed by atoms with E-state index in [4.69, 9.17) is 5.11 Å². The number of carbonyl (C=O) groups is 1. The molecule has 0 bridgehead atoms. The average molecular weight is 525 g/mol. The van der Waals surface area contributed by atoms with Crippen LogP contribution >= 0.6 is 0 Å². The first-order chi connectivity index (χ1) is 17.2. The summed E-state index contributed by atoms with van der Waals surface area (Å²) in [6.45, 7) is 25.8. The fourth-order valence-electron chi connectivity index (χ4n) is 7.15. The van der Waals surface area contributed by atoms with E-state index in [1.165, 1.54) is 62.3 Å². The molecule has 1 saturated carbocycles. The molecule has 2 N–H and O–H groups in total. The smallest absolute Gasteiger partial charge is 0.335 e. The van der Waals surface area contributed by atoms with Crippen LogP contribution in [0.15, 0.2) is 41.0 Å². The fourth-order valence-corrected chi connectivity index (χ4v) is 7.15. The minimum atomic E-state index is -0.975. The Labute approximate surface area is 233 Å². The number of fused-ring (bicyclic) bond motifs is 1. The van der Waals surface area contributed by atoms with E-state index in [0.29, 0.717) is 28.2 Å². The Kier molecular flexibility index (Phi) is 10.2. The lowest BCUT2D eigenvalue weighted by Crippen LogP contribution is -2.46. The Morgan fingerprint density at radius 1 is 1.05 bits per heavy atom. The maximum atomic E-state index is 10.9. The van der Waals surface area contributed by atoms with Gasteiger partial charge in [-0.25, -0.2) is 4.79 Å². The van der Waals surface area contributed by atoms with Crippen LogP contribution in [0.5, 0.6) is 5.75 Å². The lowest BCUT2D eigenvalue weighted by molar-refractivity contribution is 0.00754. The molecule has 2 aliphatic carbocycles. The van der Waals surface area contributed by atoms with Crippen LogP contribution < -0.4 is 0 Å². The number of phenols is 1. The largest absolute Gasteiger partial charge is 0.508 e. The van der Waals surface area contributed by atoms with Gasteiger partial charge in [-0.2, -0.15) is 0 Å². The third kappa shape index (κ3) is 8.75. The van der Waals surface area contributed by atoms with Gasteiger partial charge in [0.1, 0.15) is 5.75 Å². The summed E-state index contributed by atoms with van der Waals surface area (Å²) in [6.07, 6.45) is 11.9. The van der Waals surface area contributed by atoms with Gasteiger partial charge in [0.2, 0.25) is 0 Å². The molecule has 1 fully saturated rings. The van der Waals surface area contributed by atoms with Crippen LogP contribution in [0.4, 0.5) is 0 Å². The number of carboxylic acids is 1. The molecule has 38 heavy (non-hydrogen) atoms. The van der Waals surface area contributed by atoms with Gasteiger partial charge in [-0.3, -0.25) is 0 Å². The minimum absolute atomic E-state index is 0.143. The van der Waals surface area contributed by atoms with Crippen LogP contribution in [-0.4, -0.2) is 16.2 Å². The second-order valence-corrected chi connectivity index (χ2v) is 15.5. The molecular formula is C35H56O3. The second kappa shape index (κ2) is 12.0. The highest BCUT2D eigenvalue weighted by atomic mass is 16.4. The molecule has 214 valence electrons. The van der Waals surface area contributed by atoms with E-state index in [0.717, 1.165) is 12.3 Å². The van der Waals surface area contributed by atoms with Crippen molar-refractivity contribution >= 4 is 5.97 Å². The Balaban J connectivity index is 0.000000267. The van der Waals surface area contributed by atoms with Gasteiger partial charge in [-0.05, 0) is 110 Å². The average Bonchev–Trinajstić information content (AvgIpc) is 2.73. The third-order valence-corrected chi connectivity index (χ3v) is 8.76. The number of aromatic carboxylic acids is 1. The Bertz CT molecular complexity index is 1040. The summed E-state index contributed by atoms with van der Waals surface area (Å²) in [6, 6.07) is 4.37. The van der Waals surface area contributed by atoms with Crippen LogP contribution in [0.25, 0.3) is 0 Å². The highest BCUT2D eigenvalue weighted by Gasteiger charge is 2.50. The molecule has 0 aliphatic heterocycles. The van der Waals surface area contributed by atoms with E-state index in [9.17, 15) is 9.90 Å². The molecule has 1 aromatic carbocycles. The summed E-state index contributed by atoms with van der Waals surface area (Å²) in [5.41, 5.74) is 7.30. The van der Waals surface area contributed by atoms with Gasteiger partial charge in [-0.1, -0.05) is 91.5 Å². The van der Waals surface area contributed by atoms with E-state index in [1.807, 2.05) is 11.6 Å². The minimum Gasteiger partial charge on any atom is -0.508 e. The first-order valence-corrected chi connectivity index (χ1v) is 14.7. The Morgan fingerprint density at radius 3 is 2.24 bits per heavy atom. The zero-order valence-corrected chi connectivity index (χ0v) is 26.3. The molecule has 0 saturated heterocycles. The van der Waals surface area contributed by atoms with Crippen molar-refractivity contribution in [3.05, 3.63) is 52.1 Å². The van der Waals surface area contributed by atoms with Gasteiger partial charge in [0, 0.05) is 0 Å². The van der Waals surface area contributed by atoms with E-state index < -0.39 is 5.97 Å². The molecule has 0 amide bonds. The van der Waals surface area contributed by atoms with E-state index in [2.05, 4.69) is 76.2 Å². The number of hydrogen-bond acceptors (Lipinski definition) is 2. The number of benzene rings is 1. The van der Waals surface area contributed by atoms with Crippen molar-refractivity contribution in [1.29, 1.82) is 0 Å². The number of aromatic hydroxyl groups is 1. The Hall–Kier alpha value is -2.03. The van der Waals surface area contributed by atoms with Gasteiger partial charge in [0.15, 0.2) is 0 Å². The summed E-state index contributed by atoms with van der Waals surface area (Å²) < 4.78 is 0. The quantitative estimate of drug-likeness (QED) is 0.377. The summed E-state index contributed by atoms with van der Waals surface area (Å²) in [4.78, 5) is 10.9. The monoisotopic (exact) mass is 524 g/mol. The van der Waals surface area contributed by atoms with Crippen molar-refractivity contribution in [1.82, 2.24) is 0 Å². The number of rotatable bonds is 5. The fraction of sp³-hybridized carbons (Fsp3) is 0.686. The molecule has 2 atom stereocenters. The summed E-state index contributed by atoms with van der Waals surface area (Å²) >= 11 is 0. The van der Waals surface area contributed by atoms with Crippen LogP contribution in [0.1, 0.15) is 137 Å². The maximum Gasteiger partial charge on any atom is 0.335 e. The first kappa shape index (κ1) is 32.2. The van der Waals surface area contributed by atoms with Crippen molar-refractivity contribution in [2.45, 2.75) is 128 Å². The summed E-state index contributed by atoms with van der Waals surface area (Å²) in [7, 11) is 0. The SMILES string of the molecule is C/C(=C\Cc1cc(C(=O)O)ccc1O)CC(C)(C)C.CC1=C(CC(C)(C)C)[C@]2(C)CCCC(C)(C)C2CC1. The van der Waals surface area contributed by atoms with Crippen LogP contribution in [0.2, 0.25) is 0 Å². The molecular weight excluding hydrogens is 468 g/mol. The van der Waals surface area contributed by atoms with Gasteiger partial charge >= 0.3 is 5.97 Å². The van der Waals surface area contributed by atoms with E-state index >= 15 is 0 Å². The number of hydrogen-bond donors (Lipinski definition) is 2. The van der Waals surface area contributed by atoms with Crippen LogP contribution in [-0.2, 0) is 6.42 Å². The number of phenolic OH excluding ortho intramolecular Hbond substituents is 1. The van der Waals surface area contributed by atoms with Crippen LogP contribution in [0, 0.1) is 27.6 Å². The molecule has 0 spiro atoms. The predicted molar refractivity (Wildman–Crippen MR) is 162 cm³/mol. The topological polar surface area (TPSA) is 57.5 Å². The molecule has 3 rings (SSSR count). The molecule has 3 nitrogen and oxygen atoms in total. The molecule has 0 aromatic heterocycles. The predicted octanol–water partition coefficient (Wildman–Crippen LogP) is 10.4. The zero-order valence-electron chi connectivity index (χ0n) is 26.3. The Morgan fingerprint density at radius 2 is 1.68 bits per heavy atom. The van der Waals surface area contributed by atoms with Crippen molar-refractivity contribution in [3.8, 4) is 5.75 Å². The molecule has 1 aromatic rings. The van der Waals surface area contributed by atoms with Gasteiger partial charge in [-0.15, -0.1) is 0 Å². The lowest BCUT2D eigenvalue weighted by atomic mass is 9.49. The van der Waals surface area contributed by atoms with Crippen molar-refractivity contribution < 1.29 is 15.0 Å². The number of allylic oxidation sites excluding steroid dienone is 4. The summed E-state index contributed by atoms with van der Waals surface area (Å²) in [5, 5.41) is 18.7. The second-order valence-electron chi connectivity index (χ2n) is 15.5. The van der Waals surface area contributed by atoms with Crippen molar-refractivity contribution in [3.63, 3.8) is 0 Å². The molecule has 0 heterocycles. The third-order valence-electron chi connectivity index (χ3n) is 8.76. The highest BCUT2D eigenvalue weighted by Crippen LogP contribution is 2.61.